The van der Waals surface area contributed by atoms with Gasteiger partial charge in [0.25, 0.3) is 5.91 Å². The van der Waals surface area contributed by atoms with Gasteiger partial charge in [-0.1, -0.05) is 15.9 Å². The molecule has 1 N–H and O–H groups in total. The molecular weight excluding hydrogens is 349 g/mol. The fourth-order valence-electron chi connectivity index (χ4n) is 2.44. The molecule has 0 aliphatic carbocycles. The van der Waals surface area contributed by atoms with E-state index < -0.39 is 11.7 Å². The maximum atomic E-state index is 12.9. The number of halogens is 4. The molecule has 116 valence electrons. The fraction of sp³-hybridized carbons (Fsp3) is 0.500. The maximum Gasteiger partial charge on any atom is 0.417 e. The number of alkyl halides is 3. The normalized spacial score (nSPS) is 16.8. The minimum atomic E-state index is -4.48. The highest BCUT2D eigenvalue weighted by molar-refractivity contribution is 9.10. The summed E-state index contributed by atoms with van der Waals surface area (Å²) < 4.78 is 38.6. The third-order valence-corrected chi connectivity index (χ3v) is 4.39. The topological polar surface area (TPSA) is 32.3 Å². The van der Waals surface area contributed by atoms with E-state index in [-0.39, 0.29) is 22.0 Å². The number of hydrogen-bond acceptors (Lipinski definition) is 2. The molecule has 0 bridgehead atoms. The van der Waals surface area contributed by atoms with Gasteiger partial charge in [0.1, 0.15) is 0 Å². The second-order valence-electron chi connectivity index (χ2n) is 5.09. The molecule has 21 heavy (non-hydrogen) atoms. The van der Waals surface area contributed by atoms with Gasteiger partial charge in [0.15, 0.2) is 0 Å². The Balaban J connectivity index is 2.22. The van der Waals surface area contributed by atoms with Gasteiger partial charge in [-0.3, -0.25) is 4.79 Å². The molecule has 0 aromatic heterocycles. The highest BCUT2D eigenvalue weighted by atomic mass is 79.9. The number of carbonyl (C=O) groups is 1. The average Bonchev–Trinajstić information content (AvgIpc) is 2.46. The molecule has 1 fully saturated rings. The van der Waals surface area contributed by atoms with Crippen LogP contribution in [0.15, 0.2) is 22.7 Å². The Labute approximate surface area is 129 Å². The van der Waals surface area contributed by atoms with Gasteiger partial charge in [0, 0.05) is 23.1 Å². The Kier molecular flexibility index (Phi) is 4.93. The van der Waals surface area contributed by atoms with Crippen LogP contribution in [-0.4, -0.2) is 37.0 Å². The Morgan fingerprint density at radius 1 is 1.33 bits per heavy atom. The highest BCUT2D eigenvalue weighted by Gasteiger charge is 2.34. The van der Waals surface area contributed by atoms with Crippen LogP contribution >= 0.6 is 15.9 Å². The Bertz CT molecular complexity index is 527. The lowest BCUT2D eigenvalue weighted by Gasteiger charge is -2.31. The second-order valence-corrected chi connectivity index (χ2v) is 5.94. The van der Waals surface area contributed by atoms with E-state index >= 15 is 0 Å². The average molecular weight is 365 g/mol. The zero-order valence-corrected chi connectivity index (χ0v) is 13.1. The summed E-state index contributed by atoms with van der Waals surface area (Å²) in [6.45, 7) is 1.63. The van der Waals surface area contributed by atoms with Crippen molar-refractivity contribution in [2.75, 3.05) is 20.1 Å². The van der Waals surface area contributed by atoms with E-state index in [1.807, 2.05) is 0 Å². The molecule has 3 nitrogen and oxygen atoms in total. The van der Waals surface area contributed by atoms with E-state index in [0.717, 1.165) is 32.0 Å². The number of carbonyl (C=O) groups excluding carboxylic acids is 1. The van der Waals surface area contributed by atoms with Crippen molar-refractivity contribution in [1.82, 2.24) is 10.2 Å². The quantitative estimate of drug-likeness (QED) is 0.873. The molecule has 1 aliphatic heterocycles. The van der Waals surface area contributed by atoms with Gasteiger partial charge >= 0.3 is 6.18 Å². The van der Waals surface area contributed by atoms with Crippen molar-refractivity contribution in [2.45, 2.75) is 25.1 Å². The molecule has 1 aliphatic rings. The van der Waals surface area contributed by atoms with E-state index in [9.17, 15) is 18.0 Å². The van der Waals surface area contributed by atoms with Gasteiger partial charge in [-0.2, -0.15) is 13.2 Å². The molecule has 0 saturated carbocycles. The van der Waals surface area contributed by atoms with E-state index in [1.54, 1.807) is 11.9 Å². The van der Waals surface area contributed by atoms with Crippen LogP contribution in [0.25, 0.3) is 0 Å². The van der Waals surface area contributed by atoms with Gasteiger partial charge in [0.2, 0.25) is 0 Å². The lowest BCUT2D eigenvalue weighted by molar-refractivity contribution is -0.138. The molecular formula is C14H16BrF3N2O. The number of amides is 1. The molecule has 1 aromatic carbocycles. The van der Waals surface area contributed by atoms with Crippen LogP contribution in [0, 0.1) is 0 Å². The smallest absolute Gasteiger partial charge is 0.339 e. The molecule has 0 unspecified atom stereocenters. The Hall–Kier alpha value is -1.08. The van der Waals surface area contributed by atoms with Crippen LogP contribution < -0.4 is 5.32 Å². The number of benzene rings is 1. The van der Waals surface area contributed by atoms with E-state index in [4.69, 9.17) is 0 Å². The van der Waals surface area contributed by atoms with Crippen LogP contribution in [0.5, 0.6) is 0 Å². The molecule has 1 heterocycles. The minimum Gasteiger partial charge on any atom is -0.339 e. The van der Waals surface area contributed by atoms with Crippen molar-refractivity contribution < 1.29 is 18.0 Å². The summed E-state index contributed by atoms with van der Waals surface area (Å²) in [5.74, 6) is -0.375. The van der Waals surface area contributed by atoms with Gasteiger partial charge in [0.05, 0.1) is 5.56 Å². The molecule has 7 heteroatoms. The zero-order valence-electron chi connectivity index (χ0n) is 11.5. The van der Waals surface area contributed by atoms with Crippen molar-refractivity contribution in [3.05, 3.63) is 33.8 Å². The van der Waals surface area contributed by atoms with Crippen molar-refractivity contribution in [3.63, 3.8) is 0 Å². The number of nitrogens with one attached hydrogen (secondary N) is 1. The first-order valence-corrected chi connectivity index (χ1v) is 7.44. The van der Waals surface area contributed by atoms with E-state index in [1.165, 1.54) is 12.1 Å². The van der Waals surface area contributed by atoms with Crippen molar-refractivity contribution in [1.29, 1.82) is 0 Å². The number of piperidine rings is 1. The molecule has 2 rings (SSSR count). The lowest BCUT2D eigenvalue weighted by Crippen LogP contribution is -2.44. The van der Waals surface area contributed by atoms with Gasteiger partial charge < -0.3 is 10.2 Å². The Morgan fingerprint density at radius 3 is 2.52 bits per heavy atom. The van der Waals surface area contributed by atoms with Crippen molar-refractivity contribution >= 4 is 21.8 Å². The van der Waals surface area contributed by atoms with E-state index in [2.05, 4.69) is 21.2 Å². The van der Waals surface area contributed by atoms with Crippen LogP contribution in [0.4, 0.5) is 13.2 Å². The highest BCUT2D eigenvalue weighted by Crippen LogP contribution is 2.35. The van der Waals surface area contributed by atoms with Crippen molar-refractivity contribution in [3.8, 4) is 0 Å². The van der Waals surface area contributed by atoms with Gasteiger partial charge in [-0.25, -0.2) is 0 Å². The number of nitrogens with zero attached hydrogens (tertiary/aromatic N) is 1. The van der Waals surface area contributed by atoms with Gasteiger partial charge in [-0.05, 0) is 44.1 Å². The maximum absolute atomic E-state index is 12.9. The monoisotopic (exact) mass is 364 g/mol. The largest absolute Gasteiger partial charge is 0.417 e. The fourth-order valence-corrected chi connectivity index (χ4v) is 2.91. The predicted molar refractivity (Wildman–Crippen MR) is 77.1 cm³/mol. The first-order chi connectivity index (χ1) is 9.80. The second kappa shape index (κ2) is 6.36. The third kappa shape index (κ3) is 3.77. The standard InChI is InChI=1S/C14H16BrF3N2O/c1-20(10-4-6-19-7-5-10)13(21)9-2-3-12(15)11(8-9)14(16,17)18/h2-3,8,10,19H,4-7H2,1H3. The summed E-state index contributed by atoms with van der Waals surface area (Å²) in [7, 11) is 1.65. The number of rotatable bonds is 2. The summed E-state index contributed by atoms with van der Waals surface area (Å²) in [5, 5.41) is 3.19. The SMILES string of the molecule is CN(C(=O)c1ccc(Br)c(C(F)(F)F)c1)C1CCNCC1. The Morgan fingerprint density at radius 2 is 1.95 bits per heavy atom. The summed E-state index contributed by atoms with van der Waals surface area (Å²) in [5.41, 5.74) is -0.765. The van der Waals surface area contributed by atoms with Crippen molar-refractivity contribution in [2.24, 2.45) is 0 Å². The van der Waals surface area contributed by atoms with Crippen LogP contribution in [0.1, 0.15) is 28.8 Å². The first kappa shape index (κ1) is 16.3. The molecule has 0 spiro atoms. The van der Waals surface area contributed by atoms with Crippen LogP contribution in [-0.2, 0) is 6.18 Å². The van der Waals surface area contributed by atoms with Crippen LogP contribution in [0.2, 0.25) is 0 Å². The first-order valence-electron chi connectivity index (χ1n) is 6.65. The lowest BCUT2D eigenvalue weighted by atomic mass is 10.0. The zero-order chi connectivity index (χ0) is 15.6. The molecule has 0 radical (unpaired) electrons. The predicted octanol–water partition coefficient (Wildman–Crippen LogP) is 3.29. The molecule has 1 amide bonds. The molecule has 1 aromatic rings. The summed E-state index contributed by atoms with van der Waals surface area (Å²) in [6, 6.07) is 3.66. The molecule has 1 saturated heterocycles. The third-order valence-electron chi connectivity index (χ3n) is 3.70. The van der Waals surface area contributed by atoms with E-state index in [0.29, 0.717) is 0 Å². The minimum absolute atomic E-state index is 0.0592. The number of hydrogen-bond donors (Lipinski definition) is 1. The summed E-state index contributed by atoms with van der Waals surface area (Å²) in [4.78, 5) is 13.9. The summed E-state index contributed by atoms with van der Waals surface area (Å²) >= 11 is 2.88. The van der Waals surface area contributed by atoms with Gasteiger partial charge in [-0.15, -0.1) is 0 Å². The molecule has 0 atom stereocenters. The van der Waals surface area contributed by atoms with Crippen LogP contribution in [0.3, 0.4) is 0 Å². The summed E-state index contributed by atoms with van der Waals surface area (Å²) in [6.07, 6.45) is -2.86.